The molecule has 0 radical (unpaired) electrons. The van der Waals surface area contributed by atoms with Crippen LogP contribution in [0.15, 0.2) is 42.9 Å². The summed E-state index contributed by atoms with van der Waals surface area (Å²) in [6.45, 7) is 0.690. The van der Waals surface area contributed by atoms with E-state index >= 15 is 0 Å². The maximum Gasteiger partial charge on any atom is 0.231 e. The van der Waals surface area contributed by atoms with E-state index in [-0.39, 0.29) is 18.6 Å². The predicted molar refractivity (Wildman–Crippen MR) is 99.8 cm³/mol. The Hall–Kier alpha value is -3.55. The number of hydrogen-bond donors (Lipinski definition) is 1. The lowest BCUT2D eigenvalue weighted by atomic mass is 9.87. The quantitative estimate of drug-likeness (QED) is 0.751. The molecule has 0 fully saturated rings. The Morgan fingerprint density at radius 2 is 2.25 bits per heavy atom. The van der Waals surface area contributed by atoms with Crippen LogP contribution in [0.1, 0.15) is 29.0 Å². The Labute approximate surface area is 161 Å². The first-order valence-corrected chi connectivity index (χ1v) is 8.95. The molecule has 0 spiro atoms. The second kappa shape index (κ2) is 6.56. The summed E-state index contributed by atoms with van der Waals surface area (Å²) in [5.41, 5.74) is 2.90. The van der Waals surface area contributed by atoms with Gasteiger partial charge in [-0.25, -0.2) is 4.68 Å². The van der Waals surface area contributed by atoms with E-state index in [2.05, 4.69) is 15.4 Å². The molecule has 1 amide bonds. The molecular formula is C20H18N4O4. The molecule has 8 nitrogen and oxygen atoms in total. The van der Waals surface area contributed by atoms with Gasteiger partial charge >= 0.3 is 0 Å². The number of pyridine rings is 1. The van der Waals surface area contributed by atoms with Crippen molar-refractivity contribution in [1.29, 1.82) is 0 Å². The zero-order valence-corrected chi connectivity index (χ0v) is 15.2. The average molecular weight is 378 g/mol. The van der Waals surface area contributed by atoms with Crippen LogP contribution >= 0.6 is 0 Å². The molecular weight excluding hydrogens is 360 g/mol. The van der Waals surface area contributed by atoms with E-state index in [1.165, 1.54) is 0 Å². The lowest BCUT2D eigenvalue weighted by Gasteiger charge is -2.24. The van der Waals surface area contributed by atoms with Crippen LogP contribution < -0.4 is 19.5 Å². The van der Waals surface area contributed by atoms with Crippen LogP contribution in [0.3, 0.4) is 0 Å². The highest BCUT2D eigenvalue weighted by atomic mass is 16.7. The second-order valence-corrected chi connectivity index (χ2v) is 6.73. The number of nitrogens with one attached hydrogen (secondary N) is 1. The Balaban J connectivity index is 1.54. The lowest BCUT2D eigenvalue weighted by molar-refractivity contribution is -0.116. The number of methoxy groups -OCH3 is 1. The van der Waals surface area contributed by atoms with Gasteiger partial charge in [0, 0.05) is 30.3 Å². The summed E-state index contributed by atoms with van der Waals surface area (Å²) in [5, 5.41) is 7.47. The number of hydrogen-bond acceptors (Lipinski definition) is 6. The highest BCUT2D eigenvalue weighted by molar-refractivity contribution is 5.94. The fourth-order valence-corrected chi connectivity index (χ4v) is 3.70. The first-order chi connectivity index (χ1) is 13.7. The Kier molecular flexibility index (Phi) is 3.89. The van der Waals surface area contributed by atoms with Crippen molar-refractivity contribution in [3.05, 3.63) is 59.5 Å². The number of carbonyl (C=O) groups excluding carboxylic acids is 1. The van der Waals surface area contributed by atoms with E-state index in [0.29, 0.717) is 36.0 Å². The smallest absolute Gasteiger partial charge is 0.231 e. The second-order valence-electron chi connectivity index (χ2n) is 6.73. The number of carbonyl (C=O) groups is 1. The van der Waals surface area contributed by atoms with Gasteiger partial charge in [-0.3, -0.25) is 9.78 Å². The molecule has 1 aromatic carbocycles. The van der Waals surface area contributed by atoms with Gasteiger partial charge in [-0.1, -0.05) is 6.07 Å². The summed E-state index contributed by atoms with van der Waals surface area (Å²) in [4.78, 5) is 16.6. The number of anilines is 1. The van der Waals surface area contributed by atoms with Crippen LogP contribution in [0, 0.1) is 0 Å². The average Bonchev–Trinajstić information content (AvgIpc) is 3.35. The summed E-state index contributed by atoms with van der Waals surface area (Å²) < 4.78 is 18.3. The molecule has 4 heterocycles. The minimum atomic E-state index is -0.144. The lowest BCUT2D eigenvalue weighted by Crippen LogP contribution is -2.25. The SMILES string of the molecule is COc1cc(C2CC(=O)Nc3c2cnn3Cc2cccnc2)cc2c1OCO2. The van der Waals surface area contributed by atoms with Crippen molar-refractivity contribution in [2.45, 2.75) is 18.9 Å². The molecule has 142 valence electrons. The van der Waals surface area contributed by atoms with E-state index in [1.54, 1.807) is 24.2 Å². The number of fused-ring (bicyclic) bond motifs is 2. The third-order valence-corrected chi connectivity index (χ3v) is 5.03. The molecule has 0 saturated carbocycles. The summed E-state index contributed by atoms with van der Waals surface area (Å²) in [7, 11) is 1.59. The van der Waals surface area contributed by atoms with E-state index in [1.807, 2.05) is 30.5 Å². The Morgan fingerprint density at radius 3 is 3.07 bits per heavy atom. The van der Waals surface area contributed by atoms with Crippen molar-refractivity contribution in [2.75, 3.05) is 19.2 Å². The topological polar surface area (TPSA) is 87.5 Å². The summed E-state index contributed by atoms with van der Waals surface area (Å²) in [6.07, 6.45) is 5.66. The Bertz CT molecular complexity index is 1050. The van der Waals surface area contributed by atoms with Crippen LogP contribution in [-0.4, -0.2) is 34.6 Å². The van der Waals surface area contributed by atoms with Crippen molar-refractivity contribution in [2.24, 2.45) is 0 Å². The highest BCUT2D eigenvalue weighted by Gasteiger charge is 2.32. The largest absolute Gasteiger partial charge is 0.493 e. The van der Waals surface area contributed by atoms with Gasteiger partial charge in [-0.15, -0.1) is 0 Å². The molecule has 2 aliphatic heterocycles. The van der Waals surface area contributed by atoms with E-state index in [9.17, 15) is 4.79 Å². The molecule has 28 heavy (non-hydrogen) atoms. The van der Waals surface area contributed by atoms with Crippen molar-refractivity contribution >= 4 is 11.7 Å². The fraction of sp³-hybridized carbons (Fsp3) is 0.250. The van der Waals surface area contributed by atoms with Gasteiger partial charge in [0.25, 0.3) is 0 Å². The fourth-order valence-electron chi connectivity index (χ4n) is 3.70. The Morgan fingerprint density at radius 1 is 1.32 bits per heavy atom. The molecule has 5 rings (SSSR count). The van der Waals surface area contributed by atoms with Crippen molar-refractivity contribution in [3.63, 3.8) is 0 Å². The van der Waals surface area contributed by atoms with Gasteiger partial charge < -0.3 is 19.5 Å². The minimum Gasteiger partial charge on any atom is -0.493 e. The molecule has 3 aromatic rings. The molecule has 1 unspecified atom stereocenters. The molecule has 2 aliphatic rings. The van der Waals surface area contributed by atoms with Crippen LogP contribution in [0.5, 0.6) is 17.2 Å². The van der Waals surface area contributed by atoms with Crippen LogP contribution in [0.4, 0.5) is 5.82 Å². The molecule has 0 aliphatic carbocycles. The number of rotatable bonds is 4. The van der Waals surface area contributed by atoms with Crippen LogP contribution in [0.25, 0.3) is 0 Å². The third-order valence-electron chi connectivity index (χ3n) is 5.03. The van der Waals surface area contributed by atoms with Crippen LogP contribution in [-0.2, 0) is 11.3 Å². The number of amides is 1. The van der Waals surface area contributed by atoms with Gasteiger partial charge in [0.05, 0.1) is 19.9 Å². The van der Waals surface area contributed by atoms with Crippen molar-refractivity contribution in [1.82, 2.24) is 14.8 Å². The monoisotopic (exact) mass is 378 g/mol. The van der Waals surface area contributed by atoms with Gasteiger partial charge in [0.1, 0.15) is 5.82 Å². The van der Waals surface area contributed by atoms with Crippen LogP contribution in [0.2, 0.25) is 0 Å². The molecule has 0 saturated heterocycles. The van der Waals surface area contributed by atoms with E-state index < -0.39 is 0 Å². The summed E-state index contributed by atoms with van der Waals surface area (Å²) in [5.74, 6) is 2.34. The number of aromatic nitrogens is 3. The van der Waals surface area contributed by atoms with Gasteiger partial charge in [-0.05, 0) is 29.3 Å². The minimum absolute atomic E-state index is 0.0536. The van der Waals surface area contributed by atoms with E-state index in [4.69, 9.17) is 14.2 Å². The maximum atomic E-state index is 12.4. The third kappa shape index (κ3) is 2.74. The first kappa shape index (κ1) is 16.6. The predicted octanol–water partition coefficient (Wildman–Crippen LogP) is 2.54. The number of ether oxygens (including phenoxy) is 3. The maximum absolute atomic E-state index is 12.4. The van der Waals surface area contributed by atoms with Crippen molar-refractivity contribution in [3.8, 4) is 17.2 Å². The first-order valence-electron chi connectivity index (χ1n) is 8.95. The zero-order chi connectivity index (χ0) is 19.1. The van der Waals surface area contributed by atoms with Crippen molar-refractivity contribution < 1.29 is 19.0 Å². The standard InChI is InChI=1S/C20H18N4O4/c1-26-16-5-13(6-17-19(16)28-11-27-17)14-7-18(25)23-20-15(14)9-22-24(20)10-12-3-2-4-21-8-12/h2-6,8-9,14H,7,10-11H2,1H3,(H,23,25). The summed E-state index contributed by atoms with van der Waals surface area (Å²) >= 11 is 0. The molecule has 0 bridgehead atoms. The molecule has 8 heteroatoms. The van der Waals surface area contributed by atoms with E-state index in [0.717, 1.165) is 16.7 Å². The zero-order valence-electron chi connectivity index (χ0n) is 15.2. The van der Waals surface area contributed by atoms with Gasteiger partial charge in [0.15, 0.2) is 11.5 Å². The number of benzene rings is 1. The summed E-state index contributed by atoms with van der Waals surface area (Å²) in [6, 6.07) is 7.67. The van der Waals surface area contributed by atoms with Gasteiger partial charge in [-0.2, -0.15) is 5.10 Å². The van der Waals surface area contributed by atoms with Gasteiger partial charge in [0.2, 0.25) is 18.4 Å². The molecule has 1 N–H and O–H groups in total. The number of nitrogens with zero attached hydrogens (tertiary/aromatic N) is 3. The normalized spacial score (nSPS) is 17.2. The molecule has 1 atom stereocenters. The highest BCUT2D eigenvalue weighted by Crippen LogP contribution is 2.46. The molecule has 2 aromatic heterocycles.